The van der Waals surface area contributed by atoms with Crippen molar-refractivity contribution in [3.8, 4) is 0 Å². The number of esters is 2. The molecular weight excluding hydrogens is 226 g/mol. The Morgan fingerprint density at radius 3 is 1.53 bits per heavy atom. The van der Waals surface area contributed by atoms with Crippen LogP contribution >= 0.6 is 0 Å². The van der Waals surface area contributed by atoms with Gasteiger partial charge in [-0.25, -0.2) is 9.59 Å². The number of hydrogen-bond acceptors (Lipinski definition) is 5. The van der Waals surface area contributed by atoms with Crippen LogP contribution in [0.1, 0.15) is 13.8 Å². The second kappa shape index (κ2) is 12.0. The van der Waals surface area contributed by atoms with Gasteiger partial charge in [0.25, 0.3) is 0 Å². The number of amides is 1. The molecule has 2 N–H and O–H groups in total. The normalized spacial score (nSPS) is 8.82. The highest BCUT2D eigenvalue weighted by Gasteiger charge is 1.97. The maximum absolute atomic E-state index is 10.6. The van der Waals surface area contributed by atoms with Gasteiger partial charge in [-0.2, -0.15) is 0 Å². The Hall–Kier alpha value is -2.11. The van der Waals surface area contributed by atoms with Gasteiger partial charge in [0.1, 0.15) is 0 Å². The van der Waals surface area contributed by atoms with Crippen LogP contribution in [-0.4, -0.2) is 31.1 Å². The Morgan fingerprint density at radius 1 is 1.06 bits per heavy atom. The van der Waals surface area contributed by atoms with Gasteiger partial charge in [0.05, 0.1) is 13.2 Å². The minimum Gasteiger partial charge on any atom is -0.463 e. The van der Waals surface area contributed by atoms with Gasteiger partial charge >= 0.3 is 11.9 Å². The molecule has 0 spiro atoms. The van der Waals surface area contributed by atoms with Crippen molar-refractivity contribution >= 4 is 17.8 Å². The number of primary amides is 1. The number of hydrogen-bond donors (Lipinski definition) is 1. The fraction of sp³-hybridized carbons (Fsp3) is 0.364. The smallest absolute Gasteiger partial charge is 0.330 e. The molecule has 0 bridgehead atoms. The van der Waals surface area contributed by atoms with E-state index in [0.29, 0.717) is 13.2 Å². The SMILES string of the molecule is C=CC(N)=O.CCOC(=O)C=CC(=O)OCC. The van der Waals surface area contributed by atoms with E-state index in [9.17, 15) is 14.4 Å². The molecule has 0 aliphatic rings. The molecule has 6 nitrogen and oxygen atoms in total. The molecule has 0 unspecified atom stereocenters. The minimum absolute atomic E-state index is 0.298. The summed E-state index contributed by atoms with van der Waals surface area (Å²) in [5, 5.41) is 0. The number of carbonyl (C=O) groups is 3. The minimum atomic E-state index is -0.537. The van der Waals surface area contributed by atoms with Gasteiger partial charge in [0.15, 0.2) is 0 Å². The van der Waals surface area contributed by atoms with E-state index in [4.69, 9.17) is 0 Å². The molecule has 0 atom stereocenters. The van der Waals surface area contributed by atoms with Crippen LogP contribution in [0.25, 0.3) is 0 Å². The second-order valence-electron chi connectivity index (χ2n) is 2.44. The van der Waals surface area contributed by atoms with E-state index in [1.807, 2.05) is 0 Å². The highest BCUT2D eigenvalue weighted by Crippen LogP contribution is 1.84. The Balaban J connectivity index is 0. The summed E-state index contributed by atoms with van der Waals surface area (Å²) < 4.78 is 9.07. The zero-order valence-electron chi connectivity index (χ0n) is 9.97. The Morgan fingerprint density at radius 2 is 1.35 bits per heavy atom. The predicted molar refractivity (Wildman–Crippen MR) is 61.8 cm³/mol. The molecule has 0 heterocycles. The first-order valence-electron chi connectivity index (χ1n) is 4.91. The van der Waals surface area contributed by atoms with Gasteiger partial charge in [-0.05, 0) is 19.9 Å². The molecule has 0 fully saturated rings. The van der Waals surface area contributed by atoms with Gasteiger partial charge in [-0.1, -0.05) is 6.58 Å². The van der Waals surface area contributed by atoms with Gasteiger partial charge in [-0.15, -0.1) is 0 Å². The van der Waals surface area contributed by atoms with E-state index < -0.39 is 17.8 Å². The lowest BCUT2D eigenvalue weighted by atomic mass is 10.5. The van der Waals surface area contributed by atoms with Crippen molar-refractivity contribution in [2.45, 2.75) is 13.8 Å². The summed E-state index contributed by atoms with van der Waals surface area (Å²) in [6.07, 6.45) is 3.14. The van der Waals surface area contributed by atoms with Crippen molar-refractivity contribution in [1.29, 1.82) is 0 Å². The molecule has 0 aromatic rings. The third-order valence-corrected chi connectivity index (χ3v) is 1.13. The summed E-state index contributed by atoms with van der Waals surface area (Å²) >= 11 is 0. The summed E-state index contributed by atoms with van der Waals surface area (Å²) in [5.74, 6) is -1.55. The molecule has 0 aromatic carbocycles. The fourth-order valence-corrected chi connectivity index (χ4v) is 0.517. The lowest BCUT2D eigenvalue weighted by Crippen LogP contribution is -2.04. The Labute approximate surface area is 100 Å². The quantitative estimate of drug-likeness (QED) is 0.554. The van der Waals surface area contributed by atoms with E-state index in [-0.39, 0.29) is 0 Å². The molecule has 1 amide bonds. The summed E-state index contributed by atoms with van der Waals surface area (Å²) in [5.41, 5.74) is 4.53. The first-order chi connectivity index (χ1) is 7.97. The average Bonchev–Trinajstić information content (AvgIpc) is 2.28. The summed E-state index contributed by atoms with van der Waals surface area (Å²) in [6, 6.07) is 0. The zero-order chi connectivity index (χ0) is 13.7. The van der Waals surface area contributed by atoms with Crippen LogP contribution in [0.15, 0.2) is 24.8 Å². The van der Waals surface area contributed by atoms with Gasteiger partial charge < -0.3 is 15.2 Å². The summed E-state index contributed by atoms with van der Waals surface area (Å²) in [6.45, 7) is 7.06. The fourth-order valence-electron chi connectivity index (χ4n) is 0.517. The molecule has 0 aromatic heterocycles. The van der Waals surface area contributed by atoms with Crippen molar-refractivity contribution in [2.75, 3.05) is 13.2 Å². The molecule has 6 heteroatoms. The molecular formula is C11H17NO5. The average molecular weight is 243 g/mol. The summed E-state index contributed by atoms with van der Waals surface area (Å²) in [7, 11) is 0. The van der Waals surface area contributed by atoms with Crippen LogP contribution in [0, 0.1) is 0 Å². The maximum atomic E-state index is 10.6. The largest absolute Gasteiger partial charge is 0.463 e. The van der Waals surface area contributed by atoms with Gasteiger partial charge in [0, 0.05) is 12.2 Å². The molecule has 0 aliphatic carbocycles. The lowest BCUT2D eigenvalue weighted by molar-refractivity contribution is -0.140. The Kier molecular flexibility index (Phi) is 12.2. The topological polar surface area (TPSA) is 95.7 Å². The van der Waals surface area contributed by atoms with Crippen LogP contribution in [0.2, 0.25) is 0 Å². The van der Waals surface area contributed by atoms with E-state index in [1.165, 1.54) is 0 Å². The van der Waals surface area contributed by atoms with Crippen molar-refractivity contribution < 1.29 is 23.9 Å². The second-order valence-corrected chi connectivity index (χ2v) is 2.44. The van der Waals surface area contributed by atoms with Gasteiger partial charge in [0.2, 0.25) is 5.91 Å². The van der Waals surface area contributed by atoms with Crippen LogP contribution in [0.3, 0.4) is 0 Å². The van der Waals surface area contributed by atoms with Gasteiger partial charge in [-0.3, -0.25) is 4.79 Å². The van der Waals surface area contributed by atoms with E-state index in [2.05, 4.69) is 21.8 Å². The standard InChI is InChI=1S/C8H12O4.C3H5NO/c1-3-11-7(9)5-6-8(10)12-4-2;1-2-3(4)5/h5-6H,3-4H2,1-2H3;2H,1H2,(H2,4,5). The zero-order valence-corrected chi connectivity index (χ0v) is 9.97. The summed E-state index contributed by atoms with van der Waals surface area (Å²) in [4.78, 5) is 30.7. The molecule has 0 aliphatic heterocycles. The van der Waals surface area contributed by atoms with Crippen molar-refractivity contribution in [3.05, 3.63) is 24.8 Å². The monoisotopic (exact) mass is 243 g/mol. The molecule has 0 saturated carbocycles. The first-order valence-corrected chi connectivity index (χ1v) is 4.91. The third-order valence-electron chi connectivity index (χ3n) is 1.13. The maximum Gasteiger partial charge on any atom is 0.330 e. The predicted octanol–water partition coefficient (Wildman–Crippen LogP) is 0.327. The lowest BCUT2D eigenvalue weighted by Gasteiger charge is -1.95. The van der Waals surface area contributed by atoms with Crippen LogP contribution in [0.5, 0.6) is 0 Å². The highest BCUT2D eigenvalue weighted by atomic mass is 16.5. The van der Waals surface area contributed by atoms with E-state index in [0.717, 1.165) is 18.2 Å². The molecule has 96 valence electrons. The van der Waals surface area contributed by atoms with Crippen molar-refractivity contribution in [1.82, 2.24) is 0 Å². The number of carbonyl (C=O) groups excluding carboxylic acids is 3. The van der Waals surface area contributed by atoms with Crippen LogP contribution in [0.4, 0.5) is 0 Å². The first kappa shape index (κ1) is 17.3. The van der Waals surface area contributed by atoms with Crippen molar-refractivity contribution in [3.63, 3.8) is 0 Å². The molecule has 17 heavy (non-hydrogen) atoms. The number of rotatable bonds is 5. The number of nitrogens with two attached hydrogens (primary N) is 1. The highest BCUT2D eigenvalue weighted by molar-refractivity contribution is 5.91. The number of ether oxygens (including phenoxy) is 2. The molecule has 0 radical (unpaired) electrons. The molecule has 0 rings (SSSR count). The van der Waals surface area contributed by atoms with E-state index >= 15 is 0 Å². The third kappa shape index (κ3) is 16.6. The van der Waals surface area contributed by atoms with E-state index in [1.54, 1.807) is 13.8 Å². The van der Waals surface area contributed by atoms with Crippen LogP contribution < -0.4 is 5.73 Å². The van der Waals surface area contributed by atoms with Crippen molar-refractivity contribution in [2.24, 2.45) is 5.73 Å². The Bertz CT molecular complexity index is 276. The molecule has 0 saturated heterocycles. The van der Waals surface area contributed by atoms with Crippen LogP contribution in [-0.2, 0) is 23.9 Å².